The average Bonchev–Trinajstić information content (AvgIpc) is 3.22. The van der Waals surface area contributed by atoms with Crippen molar-refractivity contribution >= 4 is 15.9 Å². The predicted molar refractivity (Wildman–Crippen MR) is 96.4 cm³/mol. The fourth-order valence-electron chi connectivity index (χ4n) is 2.86. The fraction of sp³-hybridized carbons (Fsp3) is 0.333. The normalized spacial score (nSPS) is 15.0. The maximum absolute atomic E-state index is 12.5. The molecule has 8 heteroatoms. The Bertz CT molecular complexity index is 876. The van der Waals surface area contributed by atoms with Gasteiger partial charge in [0.25, 0.3) is 5.91 Å². The summed E-state index contributed by atoms with van der Waals surface area (Å²) in [5.74, 6) is -0.0410. The van der Waals surface area contributed by atoms with Gasteiger partial charge in [-0.2, -0.15) is 4.31 Å². The molecule has 2 heterocycles. The van der Waals surface area contributed by atoms with Gasteiger partial charge in [-0.3, -0.25) is 4.79 Å². The van der Waals surface area contributed by atoms with Crippen molar-refractivity contribution < 1.29 is 17.9 Å². The van der Waals surface area contributed by atoms with Crippen LogP contribution in [0.3, 0.4) is 0 Å². The number of methoxy groups -OCH3 is 1. The van der Waals surface area contributed by atoms with E-state index in [9.17, 15) is 13.2 Å². The molecule has 1 aromatic heterocycles. The molecule has 1 N–H and O–H groups in total. The van der Waals surface area contributed by atoms with E-state index >= 15 is 0 Å². The smallest absolute Gasteiger partial charge is 0.257 e. The van der Waals surface area contributed by atoms with E-state index in [1.54, 1.807) is 42.6 Å². The van der Waals surface area contributed by atoms with Gasteiger partial charge in [-0.15, -0.1) is 0 Å². The Hall–Kier alpha value is -2.45. The Morgan fingerprint density at radius 3 is 2.54 bits per heavy atom. The molecule has 0 aliphatic carbocycles. The number of nitrogens with zero attached hydrogens (tertiary/aromatic N) is 2. The second kappa shape index (κ2) is 7.84. The lowest BCUT2D eigenvalue weighted by Gasteiger charge is -2.15. The lowest BCUT2D eigenvalue weighted by atomic mass is 10.2. The number of carbonyl (C=O) groups excluding carboxylic acids is 1. The number of aromatic nitrogens is 1. The molecule has 0 spiro atoms. The number of carbonyl (C=O) groups is 1. The summed E-state index contributed by atoms with van der Waals surface area (Å²) in [5, 5.41) is 2.78. The minimum Gasteiger partial charge on any atom is -0.480 e. The number of hydrogen-bond donors (Lipinski definition) is 1. The number of rotatable bonds is 6. The van der Waals surface area contributed by atoms with Crippen LogP contribution in [0.25, 0.3) is 0 Å². The average molecular weight is 375 g/mol. The molecule has 1 aromatic carbocycles. The first kappa shape index (κ1) is 18.3. The van der Waals surface area contributed by atoms with Gasteiger partial charge in [0.1, 0.15) is 5.56 Å². The Kier molecular flexibility index (Phi) is 5.53. The van der Waals surface area contributed by atoms with Crippen LogP contribution in [0.1, 0.15) is 28.8 Å². The molecule has 1 amide bonds. The summed E-state index contributed by atoms with van der Waals surface area (Å²) in [7, 11) is -1.96. The highest BCUT2D eigenvalue weighted by atomic mass is 32.2. The number of nitrogens with one attached hydrogen (secondary N) is 1. The van der Waals surface area contributed by atoms with Crippen LogP contribution in [0, 0.1) is 0 Å². The zero-order valence-electron chi connectivity index (χ0n) is 14.5. The van der Waals surface area contributed by atoms with E-state index in [1.165, 1.54) is 11.4 Å². The van der Waals surface area contributed by atoms with E-state index in [1.807, 2.05) is 0 Å². The van der Waals surface area contributed by atoms with Gasteiger partial charge in [-0.05, 0) is 42.7 Å². The van der Waals surface area contributed by atoms with E-state index in [0.717, 1.165) is 18.4 Å². The van der Waals surface area contributed by atoms with Crippen molar-refractivity contribution in [1.29, 1.82) is 0 Å². The number of hydrogen-bond acceptors (Lipinski definition) is 5. The van der Waals surface area contributed by atoms with Crippen molar-refractivity contribution in [3.05, 3.63) is 53.7 Å². The third kappa shape index (κ3) is 3.86. The predicted octanol–water partition coefficient (Wildman–Crippen LogP) is 1.80. The molecule has 1 fully saturated rings. The zero-order chi connectivity index (χ0) is 18.6. The number of amides is 1. The lowest BCUT2D eigenvalue weighted by molar-refractivity contribution is 0.0947. The highest BCUT2D eigenvalue weighted by molar-refractivity contribution is 7.89. The van der Waals surface area contributed by atoms with E-state index in [-0.39, 0.29) is 23.2 Å². The molecule has 2 aromatic rings. The molecular formula is C18H21N3O4S. The SMILES string of the molecule is COc1ncccc1C(=O)NCc1ccc(S(=O)(=O)N2CCCC2)cc1. The van der Waals surface area contributed by atoms with Crippen LogP contribution in [-0.4, -0.2) is 43.8 Å². The first-order valence-corrected chi connectivity index (χ1v) is 9.82. The Balaban J connectivity index is 1.65. The van der Waals surface area contributed by atoms with Crippen LogP contribution in [0.2, 0.25) is 0 Å². The number of benzene rings is 1. The minimum absolute atomic E-state index is 0.261. The van der Waals surface area contributed by atoms with Gasteiger partial charge in [-0.1, -0.05) is 12.1 Å². The summed E-state index contributed by atoms with van der Waals surface area (Å²) >= 11 is 0. The Labute approximate surface area is 153 Å². The van der Waals surface area contributed by atoms with Gasteiger partial charge in [0, 0.05) is 25.8 Å². The fourth-order valence-corrected chi connectivity index (χ4v) is 4.38. The molecule has 1 aliphatic rings. The van der Waals surface area contributed by atoms with Crippen molar-refractivity contribution in [3.63, 3.8) is 0 Å². The molecule has 7 nitrogen and oxygen atoms in total. The molecule has 138 valence electrons. The molecule has 1 saturated heterocycles. The van der Waals surface area contributed by atoms with Crippen LogP contribution < -0.4 is 10.1 Å². The van der Waals surface area contributed by atoms with E-state index < -0.39 is 10.0 Å². The lowest BCUT2D eigenvalue weighted by Crippen LogP contribution is -2.28. The van der Waals surface area contributed by atoms with Crippen LogP contribution in [0.4, 0.5) is 0 Å². The van der Waals surface area contributed by atoms with Crippen LogP contribution in [0.5, 0.6) is 5.88 Å². The second-order valence-corrected chi connectivity index (χ2v) is 7.94. The van der Waals surface area contributed by atoms with Crippen molar-refractivity contribution in [2.45, 2.75) is 24.3 Å². The number of sulfonamides is 1. The summed E-state index contributed by atoms with van der Waals surface area (Å²) in [5.41, 5.74) is 1.16. The van der Waals surface area contributed by atoms with E-state index in [4.69, 9.17) is 4.74 Å². The number of pyridine rings is 1. The highest BCUT2D eigenvalue weighted by Crippen LogP contribution is 2.21. The molecule has 26 heavy (non-hydrogen) atoms. The maximum Gasteiger partial charge on any atom is 0.257 e. The standard InChI is InChI=1S/C18H21N3O4S/c1-25-18-16(5-4-10-19-18)17(22)20-13-14-6-8-15(9-7-14)26(23,24)21-11-2-3-12-21/h4-10H,2-3,11-13H2,1H3,(H,20,22). The summed E-state index contributed by atoms with van der Waals surface area (Å²) in [6.07, 6.45) is 3.36. The monoisotopic (exact) mass is 375 g/mol. The quantitative estimate of drug-likeness (QED) is 0.832. The summed E-state index contributed by atoms with van der Waals surface area (Å²) in [6.45, 7) is 1.43. The van der Waals surface area contributed by atoms with Gasteiger partial charge >= 0.3 is 0 Å². The van der Waals surface area contributed by atoms with Gasteiger partial charge in [-0.25, -0.2) is 13.4 Å². The minimum atomic E-state index is -3.42. The zero-order valence-corrected chi connectivity index (χ0v) is 15.3. The third-order valence-corrected chi connectivity index (χ3v) is 6.20. The Morgan fingerprint density at radius 1 is 1.19 bits per heavy atom. The largest absolute Gasteiger partial charge is 0.480 e. The third-order valence-electron chi connectivity index (χ3n) is 4.29. The van der Waals surface area contributed by atoms with E-state index in [2.05, 4.69) is 10.3 Å². The molecule has 0 radical (unpaired) electrons. The summed E-state index contributed by atoms with van der Waals surface area (Å²) in [6, 6.07) is 9.88. The molecular weight excluding hydrogens is 354 g/mol. The first-order chi connectivity index (χ1) is 12.5. The summed E-state index contributed by atoms with van der Waals surface area (Å²) < 4.78 is 31.6. The van der Waals surface area contributed by atoms with Gasteiger partial charge in [0.15, 0.2) is 0 Å². The van der Waals surface area contributed by atoms with E-state index in [0.29, 0.717) is 18.7 Å². The molecule has 0 bridgehead atoms. The van der Waals surface area contributed by atoms with Gasteiger partial charge < -0.3 is 10.1 Å². The van der Waals surface area contributed by atoms with Crippen molar-refractivity contribution in [3.8, 4) is 5.88 Å². The van der Waals surface area contributed by atoms with Crippen molar-refractivity contribution in [2.24, 2.45) is 0 Å². The number of ether oxygens (including phenoxy) is 1. The molecule has 1 aliphatic heterocycles. The molecule has 0 saturated carbocycles. The second-order valence-electron chi connectivity index (χ2n) is 6.00. The van der Waals surface area contributed by atoms with Crippen LogP contribution in [0.15, 0.2) is 47.5 Å². The summed E-state index contributed by atoms with van der Waals surface area (Å²) in [4.78, 5) is 16.5. The first-order valence-electron chi connectivity index (χ1n) is 8.38. The topological polar surface area (TPSA) is 88.6 Å². The molecule has 0 unspecified atom stereocenters. The van der Waals surface area contributed by atoms with Crippen molar-refractivity contribution in [2.75, 3.05) is 20.2 Å². The molecule has 0 atom stereocenters. The highest BCUT2D eigenvalue weighted by Gasteiger charge is 2.26. The van der Waals surface area contributed by atoms with Gasteiger partial charge in [0.05, 0.1) is 12.0 Å². The molecule has 3 rings (SSSR count). The maximum atomic E-state index is 12.5. The Morgan fingerprint density at radius 2 is 1.88 bits per heavy atom. The van der Waals surface area contributed by atoms with Crippen LogP contribution in [-0.2, 0) is 16.6 Å². The van der Waals surface area contributed by atoms with Gasteiger partial charge in [0.2, 0.25) is 15.9 Å². The van der Waals surface area contributed by atoms with Crippen LogP contribution >= 0.6 is 0 Å². The van der Waals surface area contributed by atoms with Crippen molar-refractivity contribution in [1.82, 2.24) is 14.6 Å².